The number of aromatic nitrogens is 2. The molecule has 0 aliphatic carbocycles. The molecule has 0 aliphatic heterocycles. The quantitative estimate of drug-likeness (QED) is 0.798. The second kappa shape index (κ2) is 6.03. The van der Waals surface area contributed by atoms with Gasteiger partial charge in [-0.2, -0.15) is 5.10 Å². The molecular formula is C11H17N3O3. The van der Waals surface area contributed by atoms with E-state index in [4.69, 9.17) is 5.11 Å². The highest BCUT2D eigenvalue weighted by atomic mass is 16.4. The van der Waals surface area contributed by atoms with E-state index in [1.54, 1.807) is 11.9 Å². The fourth-order valence-electron chi connectivity index (χ4n) is 1.42. The van der Waals surface area contributed by atoms with Crippen molar-refractivity contribution in [2.45, 2.75) is 26.3 Å². The zero-order chi connectivity index (χ0) is 12.8. The number of hydrogen-bond acceptors (Lipinski definition) is 3. The summed E-state index contributed by atoms with van der Waals surface area (Å²) in [6.07, 6.45) is 4.83. The second-order valence-corrected chi connectivity index (χ2v) is 3.90. The normalized spacial score (nSPS) is 10.2. The van der Waals surface area contributed by atoms with Crippen LogP contribution in [0.15, 0.2) is 12.4 Å². The average Bonchev–Trinajstić information content (AvgIpc) is 2.72. The van der Waals surface area contributed by atoms with Gasteiger partial charge in [0.1, 0.15) is 6.54 Å². The van der Waals surface area contributed by atoms with E-state index in [0.29, 0.717) is 12.1 Å². The maximum absolute atomic E-state index is 11.9. The predicted octanol–water partition coefficient (Wildman–Crippen LogP) is 0.840. The molecule has 1 heterocycles. The number of hydrogen-bond donors (Lipinski definition) is 1. The number of nitrogens with zero attached hydrogens (tertiary/aromatic N) is 3. The summed E-state index contributed by atoms with van der Waals surface area (Å²) < 4.78 is 1.24. The lowest BCUT2D eigenvalue weighted by Gasteiger charge is -2.15. The number of carboxylic acid groups (broad SMARTS) is 1. The predicted molar refractivity (Wildman–Crippen MR) is 61.7 cm³/mol. The van der Waals surface area contributed by atoms with Gasteiger partial charge in [-0.25, -0.2) is 0 Å². The minimum absolute atomic E-state index is 0.130. The Hall–Kier alpha value is -1.85. The van der Waals surface area contributed by atoms with E-state index in [0.717, 1.165) is 12.8 Å². The van der Waals surface area contributed by atoms with E-state index in [1.807, 2.05) is 0 Å². The van der Waals surface area contributed by atoms with Crippen LogP contribution in [0.25, 0.3) is 0 Å². The fraction of sp³-hybridized carbons (Fsp3) is 0.545. The summed E-state index contributed by atoms with van der Waals surface area (Å²) in [5.41, 5.74) is 0.421. The first-order chi connectivity index (χ1) is 8.04. The number of carbonyl (C=O) groups excluding carboxylic acids is 1. The van der Waals surface area contributed by atoms with Gasteiger partial charge in [0.15, 0.2) is 0 Å². The largest absolute Gasteiger partial charge is 0.480 e. The summed E-state index contributed by atoms with van der Waals surface area (Å²) in [5.74, 6) is -1.11. The van der Waals surface area contributed by atoms with Crippen molar-refractivity contribution in [2.24, 2.45) is 0 Å². The third-order valence-electron chi connectivity index (χ3n) is 2.37. The Bertz CT molecular complexity index is 400. The van der Waals surface area contributed by atoms with Gasteiger partial charge < -0.3 is 10.0 Å². The Morgan fingerprint density at radius 1 is 1.53 bits per heavy atom. The standard InChI is InChI=1S/C11H17N3O3/c1-3-4-5-13(2)11(17)9-6-12-14(7-9)8-10(15)16/h6-7H,3-5,8H2,1-2H3,(H,15,16). The van der Waals surface area contributed by atoms with Crippen LogP contribution in [-0.4, -0.2) is 45.3 Å². The topological polar surface area (TPSA) is 75.4 Å². The SMILES string of the molecule is CCCCN(C)C(=O)c1cnn(CC(=O)O)c1. The van der Waals surface area contributed by atoms with Crippen LogP contribution in [0.5, 0.6) is 0 Å². The molecule has 17 heavy (non-hydrogen) atoms. The lowest BCUT2D eigenvalue weighted by atomic mass is 10.3. The molecule has 0 saturated carbocycles. The zero-order valence-electron chi connectivity index (χ0n) is 10.1. The summed E-state index contributed by atoms with van der Waals surface area (Å²) in [7, 11) is 1.73. The van der Waals surface area contributed by atoms with Crippen molar-refractivity contribution < 1.29 is 14.7 Å². The molecule has 1 amide bonds. The molecule has 6 nitrogen and oxygen atoms in total. The molecule has 1 aromatic rings. The number of rotatable bonds is 6. The molecule has 0 bridgehead atoms. The van der Waals surface area contributed by atoms with Gasteiger partial charge in [-0.05, 0) is 6.42 Å². The molecule has 1 aromatic heterocycles. The molecule has 1 rings (SSSR count). The van der Waals surface area contributed by atoms with Crippen molar-refractivity contribution in [3.63, 3.8) is 0 Å². The Morgan fingerprint density at radius 2 is 2.24 bits per heavy atom. The minimum Gasteiger partial charge on any atom is -0.480 e. The number of carbonyl (C=O) groups is 2. The molecule has 0 aliphatic rings. The highest BCUT2D eigenvalue weighted by Crippen LogP contribution is 2.03. The van der Waals surface area contributed by atoms with E-state index < -0.39 is 5.97 Å². The van der Waals surface area contributed by atoms with Crippen LogP contribution in [0.3, 0.4) is 0 Å². The average molecular weight is 239 g/mol. The third kappa shape index (κ3) is 3.90. The first-order valence-electron chi connectivity index (χ1n) is 5.54. The maximum atomic E-state index is 11.9. The number of carboxylic acids is 1. The van der Waals surface area contributed by atoms with Gasteiger partial charge in [-0.3, -0.25) is 14.3 Å². The van der Waals surface area contributed by atoms with Crippen molar-refractivity contribution in [1.29, 1.82) is 0 Å². The molecule has 0 saturated heterocycles. The van der Waals surface area contributed by atoms with E-state index >= 15 is 0 Å². The molecule has 94 valence electrons. The van der Waals surface area contributed by atoms with Gasteiger partial charge in [0, 0.05) is 19.8 Å². The number of amides is 1. The molecule has 0 aromatic carbocycles. The van der Waals surface area contributed by atoms with Crippen LogP contribution < -0.4 is 0 Å². The monoisotopic (exact) mass is 239 g/mol. The molecule has 0 radical (unpaired) electrons. The van der Waals surface area contributed by atoms with Gasteiger partial charge >= 0.3 is 5.97 Å². The molecule has 0 atom stereocenters. The van der Waals surface area contributed by atoms with Gasteiger partial charge in [-0.15, -0.1) is 0 Å². The summed E-state index contributed by atoms with van der Waals surface area (Å²) in [6.45, 7) is 2.52. The van der Waals surface area contributed by atoms with E-state index in [1.165, 1.54) is 17.1 Å². The summed E-state index contributed by atoms with van der Waals surface area (Å²) >= 11 is 0. The molecular weight excluding hydrogens is 222 g/mol. The van der Waals surface area contributed by atoms with Crippen molar-refractivity contribution >= 4 is 11.9 Å². The van der Waals surface area contributed by atoms with Crippen molar-refractivity contribution in [1.82, 2.24) is 14.7 Å². The van der Waals surface area contributed by atoms with Crippen LogP contribution in [0.1, 0.15) is 30.1 Å². The highest BCUT2D eigenvalue weighted by Gasteiger charge is 2.13. The molecule has 0 fully saturated rings. The van der Waals surface area contributed by atoms with Gasteiger partial charge in [0.2, 0.25) is 0 Å². The molecule has 1 N–H and O–H groups in total. The molecule has 0 spiro atoms. The Kier molecular flexibility index (Phi) is 4.68. The minimum atomic E-state index is -0.980. The van der Waals surface area contributed by atoms with Crippen LogP contribution in [0, 0.1) is 0 Å². The van der Waals surface area contributed by atoms with Gasteiger partial charge in [0.25, 0.3) is 5.91 Å². The van der Waals surface area contributed by atoms with E-state index in [2.05, 4.69) is 12.0 Å². The first-order valence-corrected chi connectivity index (χ1v) is 5.54. The summed E-state index contributed by atoms with van der Waals surface area (Å²) in [5, 5.41) is 12.4. The van der Waals surface area contributed by atoms with Crippen molar-refractivity contribution in [3.8, 4) is 0 Å². The van der Waals surface area contributed by atoms with Crippen molar-refractivity contribution in [3.05, 3.63) is 18.0 Å². The lowest BCUT2D eigenvalue weighted by Crippen LogP contribution is -2.27. The highest BCUT2D eigenvalue weighted by molar-refractivity contribution is 5.93. The van der Waals surface area contributed by atoms with Crippen LogP contribution >= 0.6 is 0 Å². The van der Waals surface area contributed by atoms with E-state index in [-0.39, 0.29) is 12.5 Å². The Morgan fingerprint density at radius 3 is 2.82 bits per heavy atom. The van der Waals surface area contributed by atoms with Crippen molar-refractivity contribution in [2.75, 3.05) is 13.6 Å². The smallest absolute Gasteiger partial charge is 0.325 e. The van der Waals surface area contributed by atoms with Gasteiger partial charge in [0.05, 0.1) is 11.8 Å². The molecule has 6 heteroatoms. The van der Waals surface area contributed by atoms with Crippen LogP contribution in [-0.2, 0) is 11.3 Å². The van der Waals surface area contributed by atoms with Gasteiger partial charge in [-0.1, -0.05) is 13.3 Å². The second-order valence-electron chi connectivity index (χ2n) is 3.90. The van der Waals surface area contributed by atoms with E-state index in [9.17, 15) is 9.59 Å². The fourth-order valence-corrected chi connectivity index (χ4v) is 1.42. The maximum Gasteiger partial charge on any atom is 0.325 e. The zero-order valence-corrected chi connectivity index (χ0v) is 10.1. The lowest BCUT2D eigenvalue weighted by molar-refractivity contribution is -0.137. The molecule has 0 unspecified atom stereocenters. The van der Waals surface area contributed by atoms with Crippen LogP contribution in [0.4, 0.5) is 0 Å². The van der Waals surface area contributed by atoms with Crippen LogP contribution in [0.2, 0.25) is 0 Å². The summed E-state index contributed by atoms with van der Waals surface area (Å²) in [4.78, 5) is 24.0. The summed E-state index contributed by atoms with van der Waals surface area (Å²) in [6, 6.07) is 0. The number of unbranched alkanes of at least 4 members (excludes halogenated alkanes) is 1. The Balaban J connectivity index is 2.62. The Labute approximate surface area is 99.8 Å². The first kappa shape index (κ1) is 13.2. The number of aliphatic carboxylic acids is 1. The third-order valence-corrected chi connectivity index (χ3v) is 2.37.